The Labute approximate surface area is 187 Å². The highest BCUT2D eigenvalue weighted by Crippen LogP contribution is 2.31. The van der Waals surface area contributed by atoms with Crippen LogP contribution in [0.5, 0.6) is 0 Å². The molecule has 2 aromatic heterocycles. The molecule has 0 radical (unpaired) electrons. The summed E-state index contributed by atoms with van der Waals surface area (Å²) >= 11 is 1.41. The Kier molecular flexibility index (Phi) is 5.67. The number of thiophene rings is 1. The van der Waals surface area contributed by atoms with Crippen LogP contribution in [-0.4, -0.2) is 27.8 Å². The lowest BCUT2D eigenvalue weighted by Crippen LogP contribution is -2.27. The molecule has 32 heavy (non-hydrogen) atoms. The van der Waals surface area contributed by atoms with Gasteiger partial charge in [-0.05, 0) is 56.0 Å². The quantitative estimate of drug-likeness (QED) is 0.352. The van der Waals surface area contributed by atoms with Crippen molar-refractivity contribution in [2.75, 3.05) is 10.6 Å². The topological polar surface area (TPSA) is 96.1 Å². The van der Waals surface area contributed by atoms with Gasteiger partial charge in [-0.3, -0.25) is 15.2 Å². The van der Waals surface area contributed by atoms with Crippen LogP contribution in [0.3, 0.4) is 0 Å². The van der Waals surface area contributed by atoms with E-state index in [-0.39, 0.29) is 17.2 Å². The first-order valence-electron chi connectivity index (χ1n) is 9.82. The normalized spacial score (nSPS) is 11.4. The van der Waals surface area contributed by atoms with Crippen LogP contribution in [0.4, 0.5) is 20.7 Å². The van der Waals surface area contributed by atoms with E-state index in [0.717, 1.165) is 0 Å². The van der Waals surface area contributed by atoms with Crippen LogP contribution < -0.4 is 10.6 Å². The van der Waals surface area contributed by atoms with Gasteiger partial charge in [0, 0.05) is 22.0 Å². The van der Waals surface area contributed by atoms with Crippen molar-refractivity contribution in [3.8, 4) is 11.1 Å². The van der Waals surface area contributed by atoms with Gasteiger partial charge in [-0.15, -0.1) is 0 Å². The summed E-state index contributed by atoms with van der Waals surface area (Å²) < 4.78 is 20.4. The lowest BCUT2D eigenvalue weighted by atomic mass is 10.0. The van der Waals surface area contributed by atoms with Crippen molar-refractivity contribution in [1.29, 1.82) is 0 Å². The van der Waals surface area contributed by atoms with Crippen LogP contribution in [0.1, 0.15) is 31.1 Å². The van der Waals surface area contributed by atoms with Crippen LogP contribution in [0, 0.1) is 5.82 Å². The van der Waals surface area contributed by atoms with E-state index in [1.54, 1.807) is 74.0 Å². The zero-order chi connectivity index (χ0) is 22.9. The van der Waals surface area contributed by atoms with Gasteiger partial charge in [-0.25, -0.2) is 9.18 Å². The summed E-state index contributed by atoms with van der Waals surface area (Å²) in [4.78, 5) is 24.2. The van der Waals surface area contributed by atoms with Gasteiger partial charge in [0.15, 0.2) is 11.6 Å². The zero-order valence-electron chi connectivity index (χ0n) is 17.7. The lowest BCUT2D eigenvalue weighted by molar-refractivity contribution is 0.0635. The molecule has 0 spiro atoms. The van der Waals surface area contributed by atoms with E-state index < -0.39 is 17.5 Å². The lowest BCUT2D eigenvalue weighted by Gasteiger charge is -2.19. The second kappa shape index (κ2) is 8.43. The number of carbonyl (C=O) groups is 2. The number of aromatic nitrogens is 2. The molecule has 0 aliphatic rings. The molecule has 0 bridgehead atoms. The molecule has 4 rings (SSSR count). The molecule has 0 fully saturated rings. The number of H-pyrrole nitrogens is 1. The molecule has 0 saturated carbocycles. The Morgan fingerprint density at radius 3 is 2.47 bits per heavy atom. The molecule has 0 aliphatic heterocycles. The van der Waals surface area contributed by atoms with Crippen LogP contribution in [0.25, 0.3) is 22.0 Å². The van der Waals surface area contributed by atoms with Crippen LogP contribution in [-0.2, 0) is 4.74 Å². The highest BCUT2D eigenvalue weighted by Gasteiger charge is 2.18. The predicted molar refractivity (Wildman–Crippen MR) is 124 cm³/mol. The van der Waals surface area contributed by atoms with Gasteiger partial charge in [0.05, 0.1) is 5.56 Å². The number of nitrogens with zero attached hydrogens (tertiary/aromatic N) is 1. The Bertz CT molecular complexity index is 1280. The van der Waals surface area contributed by atoms with E-state index in [9.17, 15) is 9.59 Å². The second-order valence-electron chi connectivity index (χ2n) is 8.09. The van der Waals surface area contributed by atoms with Gasteiger partial charge in [-0.2, -0.15) is 16.4 Å². The number of rotatable bonds is 4. The van der Waals surface area contributed by atoms with Crippen molar-refractivity contribution in [1.82, 2.24) is 10.2 Å². The smallest absolute Gasteiger partial charge is 0.412 e. The SMILES string of the molecule is CC(C)(C)OC(=O)Nc1ccc(-c2ccc3c(NC(=O)c4ccsc4)n[nH]c3c2F)cc1. The van der Waals surface area contributed by atoms with Crippen molar-refractivity contribution >= 4 is 45.7 Å². The van der Waals surface area contributed by atoms with E-state index in [1.165, 1.54) is 11.3 Å². The molecule has 0 unspecified atom stereocenters. The van der Waals surface area contributed by atoms with Crippen LogP contribution >= 0.6 is 11.3 Å². The van der Waals surface area contributed by atoms with Crippen LogP contribution in [0.15, 0.2) is 53.2 Å². The summed E-state index contributed by atoms with van der Waals surface area (Å²) in [6, 6.07) is 11.8. The number of ether oxygens (including phenoxy) is 1. The fourth-order valence-corrected chi connectivity index (χ4v) is 3.74. The van der Waals surface area contributed by atoms with E-state index in [2.05, 4.69) is 20.8 Å². The van der Waals surface area contributed by atoms with Gasteiger partial charge < -0.3 is 10.1 Å². The molecule has 7 nitrogen and oxygen atoms in total. The largest absolute Gasteiger partial charge is 0.444 e. The Morgan fingerprint density at radius 2 is 1.81 bits per heavy atom. The maximum Gasteiger partial charge on any atom is 0.412 e. The van der Waals surface area contributed by atoms with Crippen molar-refractivity contribution in [3.63, 3.8) is 0 Å². The molecule has 0 atom stereocenters. The van der Waals surface area contributed by atoms with Gasteiger partial charge in [0.1, 0.15) is 11.1 Å². The van der Waals surface area contributed by atoms with E-state index in [1.807, 2.05) is 0 Å². The van der Waals surface area contributed by atoms with Gasteiger partial charge in [0.2, 0.25) is 0 Å². The van der Waals surface area contributed by atoms with Gasteiger partial charge in [0.25, 0.3) is 5.91 Å². The second-order valence-corrected chi connectivity index (χ2v) is 8.87. The Hall–Kier alpha value is -3.72. The molecule has 2 amide bonds. The third-order valence-electron chi connectivity index (χ3n) is 4.53. The molecule has 3 N–H and O–H groups in total. The fraction of sp³-hybridized carbons (Fsp3) is 0.174. The summed E-state index contributed by atoms with van der Waals surface area (Å²) in [5, 5.41) is 16.1. The predicted octanol–water partition coefficient (Wildman–Crippen LogP) is 6.03. The number of hydrogen-bond acceptors (Lipinski definition) is 5. The van der Waals surface area contributed by atoms with E-state index in [4.69, 9.17) is 4.74 Å². The number of benzene rings is 2. The first-order chi connectivity index (χ1) is 15.2. The maximum atomic E-state index is 15.2. The minimum absolute atomic E-state index is 0.194. The number of fused-ring (bicyclic) bond motifs is 1. The number of nitrogens with one attached hydrogen (secondary N) is 3. The Balaban J connectivity index is 1.54. The summed E-state index contributed by atoms with van der Waals surface area (Å²) in [6.45, 7) is 5.34. The van der Waals surface area contributed by atoms with Crippen molar-refractivity contribution in [2.45, 2.75) is 26.4 Å². The van der Waals surface area contributed by atoms with Crippen molar-refractivity contribution < 1.29 is 18.7 Å². The molecule has 0 saturated heterocycles. The van der Waals surface area contributed by atoms with E-state index in [0.29, 0.717) is 27.8 Å². The first-order valence-corrected chi connectivity index (χ1v) is 10.8. The van der Waals surface area contributed by atoms with Gasteiger partial charge in [-0.1, -0.05) is 18.2 Å². The number of carbonyl (C=O) groups excluding carboxylic acids is 2. The molecule has 2 heterocycles. The summed E-state index contributed by atoms with van der Waals surface area (Å²) in [5.74, 6) is -0.533. The average molecular weight is 453 g/mol. The highest BCUT2D eigenvalue weighted by molar-refractivity contribution is 7.08. The molecule has 0 aliphatic carbocycles. The molecule has 164 valence electrons. The number of amides is 2. The molecular weight excluding hydrogens is 431 g/mol. The fourth-order valence-electron chi connectivity index (χ4n) is 3.10. The monoisotopic (exact) mass is 452 g/mol. The Morgan fingerprint density at radius 1 is 1.06 bits per heavy atom. The minimum atomic E-state index is -0.603. The third kappa shape index (κ3) is 4.62. The van der Waals surface area contributed by atoms with Crippen LogP contribution in [0.2, 0.25) is 0 Å². The maximum absolute atomic E-state index is 15.2. The van der Waals surface area contributed by atoms with E-state index >= 15 is 4.39 Å². The summed E-state index contributed by atoms with van der Waals surface area (Å²) in [6.07, 6.45) is -0.563. The number of anilines is 2. The number of aromatic amines is 1. The molecule has 4 aromatic rings. The molecular formula is C23H21FN4O3S. The number of hydrogen-bond donors (Lipinski definition) is 3. The standard InChI is InChI=1S/C23H21FN4O3S/c1-23(2,3)31-22(30)25-15-6-4-13(5-7-15)16-8-9-17-19(18(16)24)27-28-20(17)26-21(29)14-10-11-32-12-14/h4-12H,1-3H3,(H,25,30)(H2,26,27,28,29). The summed E-state index contributed by atoms with van der Waals surface area (Å²) in [7, 11) is 0. The van der Waals surface area contributed by atoms with Crippen molar-refractivity contribution in [2.24, 2.45) is 0 Å². The number of halogens is 1. The van der Waals surface area contributed by atoms with Gasteiger partial charge >= 0.3 is 6.09 Å². The first kappa shape index (κ1) is 21.5. The molecule has 9 heteroatoms. The summed E-state index contributed by atoms with van der Waals surface area (Å²) in [5.41, 5.74) is 1.62. The van der Waals surface area contributed by atoms with Crippen molar-refractivity contribution in [3.05, 3.63) is 64.6 Å². The zero-order valence-corrected chi connectivity index (χ0v) is 18.5. The minimum Gasteiger partial charge on any atom is -0.444 e. The third-order valence-corrected chi connectivity index (χ3v) is 5.22. The average Bonchev–Trinajstić information content (AvgIpc) is 3.38. The molecule has 2 aromatic carbocycles. The highest BCUT2D eigenvalue weighted by atomic mass is 32.1.